The summed E-state index contributed by atoms with van der Waals surface area (Å²) in [6.07, 6.45) is 1.71. The van der Waals surface area contributed by atoms with E-state index in [9.17, 15) is 0 Å². The van der Waals surface area contributed by atoms with Crippen LogP contribution in [0.5, 0.6) is 0 Å². The van der Waals surface area contributed by atoms with Gasteiger partial charge in [-0.2, -0.15) is 0 Å². The Labute approximate surface area is 93.5 Å². The van der Waals surface area contributed by atoms with E-state index < -0.39 is 0 Å². The van der Waals surface area contributed by atoms with Crippen LogP contribution in [0.3, 0.4) is 0 Å². The van der Waals surface area contributed by atoms with Crippen LogP contribution in [0.2, 0.25) is 0 Å². The Bertz CT molecular complexity index is 450. The fourth-order valence-corrected chi connectivity index (χ4v) is 2.32. The zero-order valence-electron chi connectivity index (χ0n) is 8.57. The topological polar surface area (TPSA) is 39.2 Å². The van der Waals surface area contributed by atoms with E-state index in [1.807, 2.05) is 31.2 Å². The second kappa shape index (κ2) is 4.45. The lowest BCUT2D eigenvalue weighted by atomic mass is 10.2. The third kappa shape index (κ3) is 2.36. The van der Waals surface area contributed by atoms with Gasteiger partial charge in [0.25, 0.3) is 0 Å². The Balaban J connectivity index is 2.06. The number of rotatable bonds is 3. The van der Waals surface area contributed by atoms with E-state index in [4.69, 9.17) is 10.2 Å². The molecule has 0 unspecified atom stereocenters. The van der Waals surface area contributed by atoms with E-state index in [0.717, 1.165) is 17.2 Å². The number of anilines is 1. The maximum atomic E-state index is 5.86. The number of para-hydroxylation sites is 1. The smallest absolute Gasteiger partial charge is 0.114 e. The van der Waals surface area contributed by atoms with Gasteiger partial charge in [0.1, 0.15) is 5.76 Å². The number of nitrogen functional groups attached to an aromatic ring is 1. The van der Waals surface area contributed by atoms with E-state index in [-0.39, 0.29) is 0 Å². The fourth-order valence-electron chi connectivity index (χ4n) is 1.34. The first-order chi connectivity index (χ1) is 7.27. The maximum absolute atomic E-state index is 5.86. The van der Waals surface area contributed by atoms with Crippen LogP contribution >= 0.6 is 11.8 Å². The second-order valence-corrected chi connectivity index (χ2v) is 4.35. The highest BCUT2D eigenvalue weighted by atomic mass is 32.2. The summed E-state index contributed by atoms with van der Waals surface area (Å²) in [4.78, 5) is 1.18. The van der Waals surface area contributed by atoms with Crippen molar-refractivity contribution in [2.45, 2.75) is 17.6 Å². The second-order valence-electron chi connectivity index (χ2n) is 3.33. The van der Waals surface area contributed by atoms with Gasteiger partial charge in [-0.15, -0.1) is 11.8 Å². The molecule has 0 saturated carbocycles. The van der Waals surface area contributed by atoms with E-state index >= 15 is 0 Å². The summed E-state index contributed by atoms with van der Waals surface area (Å²) in [6.45, 7) is 1.97. The summed E-state index contributed by atoms with van der Waals surface area (Å²) in [5.41, 5.74) is 7.88. The summed E-state index contributed by atoms with van der Waals surface area (Å²) in [5, 5.41) is 0. The third-order valence-electron chi connectivity index (χ3n) is 2.25. The molecule has 0 aliphatic rings. The molecule has 0 fully saturated rings. The molecule has 78 valence electrons. The minimum atomic E-state index is 0.853. The van der Waals surface area contributed by atoms with Crippen LogP contribution in [0, 0.1) is 6.92 Å². The summed E-state index contributed by atoms with van der Waals surface area (Å²) in [6, 6.07) is 9.93. The lowest BCUT2D eigenvalue weighted by molar-refractivity contribution is 0.527. The summed E-state index contributed by atoms with van der Waals surface area (Å²) in [5.74, 6) is 1.85. The number of aryl methyl sites for hydroxylation is 1. The third-order valence-corrected chi connectivity index (χ3v) is 3.44. The average molecular weight is 219 g/mol. The van der Waals surface area contributed by atoms with Crippen molar-refractivity contribution in [3.63, 3.8) is 0 Å². The van der Waals surface area contributed by atoms with Crippen molar-refractivity contribution in [1.29, 1.82) is 0 Å². The molecule has 0 radical (unpaired) electrons. The van der Waals surface area contributed by atoms with Gasteiger partial charge < -0.3 is 10.2 Å². The Morgan fingerprint density at radius 2 is 2.07 bits per heavy atom. The van der Waals surface area contributed by atoms with Crippen LogP contribution in [-0.2, 0) is 5.75 Å². The van der Waals surface area contributed by atoms with E-state index in [2.05, 4.69) is 6.07 Å². The molecule has 0 aliphatic heterocycles. The zero-order valence-corrected chi connectivity index (χ0v) is 9.38. The van der Waals surface area contributed by atoms with Crippen molar-refractivity contribution < 1.29 is 4.42 Å². The standard InChI is InChI=1S/C12H13NOS/c1-9-12(6-7-14-9)15-8-10-4-2-3-5-11(10)13/h2-7H,8,13H2,1H3. The van der Waals surface area contributed by atoms with Gasteiger partial charge in [-0.05, 0) is 24.6 Å². The van der Waals surface area contributed by atoms with Gasteiger partial charge in [-0.25, -0.2) is 0 Å². The number of nitrogens with two attached hydrogens (primary N) is 1. The number of furan rings is 1. The highest BCUT2D eigenvalue weighted by molar-refractivity contribution is 7.98. The monoisotopic (exact) mass is 219 g/mol. The number of benzene rings is 1. The van der Waals surface area contributed by atoms with E-state index in [1.165, 1.54) is 10.5 Å². The molecule has 15 heavy (non-hydrogen) atoms. The van der Waals surface area contributed by atoms with Gasteiger partial charge in [0.2, 0.25) is 0 Å². The van der Waals surface area contributed by atoms with Crippen LogP contribution in [0.25, 0.3) is 0 Å². The maximum Gasteiger partial charge on any atom is 0.114 e. The van der Waals surface area contributed by atoms with Crippen molar-refractivity contribution in [3.05, 3.63) is 47.9 Å². The van der Waals surface area contributed by atoms with E-state index in [1.54, 1.807) is 18.0 Å². The first-order valence-electron chi connectivity index (χ1n) is 4.77. The summed E-state index contributed by atoms with van der Waals surface area (Å²) >= 11 is 1.75. The van der Waals surface area contributed by atoms with Gasteiger partial charge in [0, 0.05) is 16.3 Å². The molecule has 1 heterocycles. The molecule has 2 N–H and O–H groups in total. The van der Waals surface area contributed by atoms with Gasteiger partial charge in [0.05, 0.1) is 6.26 Å². The molecular formula is C12H13NOS. The molecule has 1 aromatic carbocycles. The summed E-state index contributed by atoms with van der Waals surface area (Å²) < 4.78 is 5.23. The minimum Gasteiger partial charge on any atom is -0.468 e. The molecule has 0 aliphatic carbocycles. The quantitative estimate of drug-likeness (QED) is 0.634. The van der Waals surface area contributed by atoms with Gasteiger partial charge >= 0.3 is 0 Å². The van der Waals surface area contributed by atoms with Crippen molar-refractivity contribution in [3.8, 4) is 0 Å². The lowest BCUT2D eigenvalue weighted by Gasteiger charge is -2.03. The molecule has 2 aromatic rings. The predicted octanol–water partition coefficient (Wildman–Crippen LogP) is 3.46. The highest BCUT2D eigenvalue weighted by Gasteiger charge is 2.03. The van der Waals surface area contributed by atoms with Crippen LogP contribution in [0.15, 0.2) is 45.9 Å². The molecule has 2 nitrogen and oxygen atoms in total. The highest BCUT2D eigenvalue weighted by Crippen LogP contribution is 2.28. The van der Waals surface area contributed by atoms with Crippen molar-refractivity contribution in [1.82, 2.24) is 0 Å². The van der Waals surface area contributed by atoms with Gasteiger partial charge in [-0.1, -0.05) is 18.2 Å². The van der Waals surface area contributed by atoms with Crippen LogP contribution in [0.4, 0.5) is 5.69 Å². The molecule has 3 heteroatoms. The molecule has 2 rings (SSSR count). The molecule has 0 bridgehead atoms. The molecule has 1 aromatic heterocycles. The number of hydrogen-bond acceptors (Lipinski definition) is 3. The SMILES string of the molecule is Cc1occc1SCc1ccccc1N. The zero-order chi connectivity index (χ0) is 10.7. The normalized spacial score (nSPS) is 10.5. The molecule has 0 amide bonds. The molecule has 0 spiro atoms. The average Bonchev–Trinajstić information content (AvgIpc) is 2.63. The number of hydrogen-bond donors (Lipinski definition) is 1. The number of thioether (sulfide) groups is 1. The lowest BCUT2D eigenvalue weighted by Crippen LogP contribution is -1.91. The predicted molar refractivity (Wildman–Crippen MR) is 63.9 cm³/mol. The Hall–Kier alpha value is -1.35. The first-order valence-corrected chi connectivity index (χ1v) is 5.76. The largest absolute Gasteiger partial charge is 0.468 e. The Morgan fingerprint density at radius 3 is 2.73 bits per heavy atom. The first kappa shape index (κ1) is 10.2. The molecular weight excluding hydrogens is 206 g/mol. The Kier molecular flexibility index (Phi) is 3.02. The van der Waals surface area contributed by atoms with Crippen LogP contribution in [-0.4, -0.2) is 0 Å². The molecule has 0 atom stereocenters. The molecule has 0 saturated heterocycles. The van der Waals surface area contributed by atoms with Gasteiger partial charge in [0.15, 0.2) is 0 Å². The van der Waals surface area contributed by atoms with Gasteiger partial charge in [-0.3, -0.25) is 0 Å². The van der Waals surface area contributed by atoms with E-state index in [0.29, 0.717) is 0 Å². The Morgan fingerprint density at radius 1 is 1.27 bits per heavy atom. The summed E-state index contributed by atoms with van der Waals surface area (Å²) in [7, 11) is 0. The van der Waals surface area contributed by atoms with Crippen LogP contribution < -0.4 is 5.73 Å². The van der Waals surface area contributed by atoms with Crippen molar-refractivity contribution in [2.24, 2.45) is 0 Å². The van der Waals surface area contributed by atoms with Crippen LogP contribution in [0.1, 0.15) is 11.3 Å². The fraction of sp³-hybridized carbons (Fsp3) is 0.167. The minimum absolute atomic E-state index is 0.853. The van der Waals surface area contributed by atoms with Crippen molar-refractivity contribution in [2.75, 3.05) is 5.73 Å². The van der Waals surface area contributed by atoms with Crippen molar-refractivity contribution >= 4 is 17.4 Å².